The van der Waals surface area contributed by atoms with Crippen LogP contribution < -0.4 is 4.74 Å². The summed E-state index contributed by atoms with van der Waals surface area (Å²) in [6.45, 7) is 2.43. The first kappa shape index (κ1) is 29.3. The summed E-state index contributed by atoms with van der Waals surface area (Å²) in [5, 5.41) is 18.6. The molecule has 1 amide bonds. The maximum Gasteiger partial charge on any atom is 0.253 e. The number of thiophene rings is 1. The number of carbonyl (C=O) groups is 2. The molecule has 3 aromatic heterocycles. The number of fused-ring (bicyclic) bond motifs is 1. The number of rotatable bonds is 11. The van der Waals surface area contributed by atoms with E-state index in [0.717, 1.165) is 39.2 Å². The first-order chi connectivity index (χ1) is 20.9. The summed E-state index contributed by atoms with van der Waals surface area (Å²) in [6.07, 6.45) is 5.15. The van der Waals surface area contributed by atoms with E-state index < -0.39 is 24.4 Å². The van der Waals surface area contributed by atoms with Gasteiger partial charge in [0, 0.05) is 64.0 Å². The SMILES string of the molecule is O=C(Cc1ccc(Oc2ccnc3cc(-c4ccc(CN5CCN(C(=O)[C@H](O)CO)CC5)cn4)sc23)c(F)c1)CC1CC1. The van der Waals surface area contributed by atoms with Crippen molar-refractivity contribution < 1.29 is 28.9 Å². The molecule has 4 aromatic rings. The lowest BCUT2D eigenvalue weighted by atomic mass is 10.0. The highest BCUT2D eigenvalue weighted by atomic mass is 32.1. The minimum atomic E-state index is -1.36. The van der Waals surface area contributed by atoms with E-state index in [1.807, 2.05) is 24.4 Å². The number of carbonyl (C=O) groups excluding carboxylic acids is 2. The molecule has 2 N–H and O–H groups in total. The molecule has 2 aliphatic rings. The highest BCUT2D eigenvalue weighted by molar-refractivity contribution is 7.22. The highest BCUT2D eigenvalue weighted by Gasteiger charge is 2.26. The van der Waals surface area contributed by atoms with Crippen molar-refractivity contribution in [2.24, 2.45) is 5.92 Å². The second-order valence-electron chi connectivity index (χ2n) is 11.2. The summed E-state index contributed by atoms with van der Waals surface area (Å²) in [6, 6.07) is 12.3. The third-order valence-electron chi connectivity index (χ3n) is 7.83. The molecule has 0 spiro atoms. The molecule has 224 valence electrons. The maximum atomic E-state index is 14.9. The molecule has 0 radical (unpaired) electrons. The van der Waals surface area contributed by atoms with Crippen molar-refractivity contribution in [3.8, 4) is 22.1 Å². The number of pyridine rings is 2. The monoisotopic (exact) mass is 604 g/mol. The van der Waals surface area contributed by atoms with Crippen LogP contribution in [0.25, 0.3) is 20.8 Å². The molecule has 11 heteroatoms. The second kappa shape index (κ2) is 12.8. The van der Waals surface area contributed by atoms with Gasteiger partial charge in [-0.1, -0.05) is 12.1 Å². The predicted molar refractivity (Wildman–Crippen MR) is 160 cm³/mol. The number of nitrogens with zero attached hydrogens (tertiary/aromatic N) is 4. The Bertz CT molecular complexity index is 1620. The highest BCUT2D eigenvalue weighted by Crippen LogP contribution is 2.39. The van der Waals surface area contributed by atoms with Crippen LogP contribution in [-0.4, -0.2) is 80.6 Å². The molecular weight excluding hydrogens is 571 g/mol. The van der Waals surface area contributed by atoms with E-state index in [1.165, 1.54) is 17.4 Å². The van der Waals surface area contributed by atoms with Gasteiger partial charge in [-0.25, -0.2) is 4.39 Å². The van der Waals surface area contributed by atoms with Gasteiger partial charge in [0.1, 0.15) is 11.5 Å². The van der Waals surface area contributed by atoms with Crippen LogP contribution in [0, 0.1) is 11.7 Å². The number of hydrogen-bond donors (Lipinski definition) is 2. The van der Waals surface area contributed by atoms with Crippen molar-refractivity contribution >= 4 is 33.2 Å². The number of aromatic nitrogens is 2. The van der Waals surface area contributed by atoms with E-state index in [2.05, 4.69) is 14.9 Å². The van der Waals surface area contributed by atoms with Crippen LogP contribution in [0.15, 0.2) is 54.9 Å². The number of halogens is 1. The lowest BCUT2D eigenvalue weighted by molar-refractivity contribution is -0.144. The summed E-state index contributed by atoms with van der Waals surface area (Å²) < 4.78 is 21.7. The van der Waals surface area contributed by atoms with Crippen LogP contribution in [0.4, 0.5) is 4.39 Å². The van der Waals surface area contributed by atoms with E-state index in [9.17, 15) is 19.1 Å². The van der Waals surface area contributed by atoms with E-state index in [1.54, 1.807) is 29.3 Å². The number of amides is 1. The third-order valence-corrected chi connectivity index (χ3v) is 8.99. The van der Waals surface area contributed by atoms with E-state index in [0.29, 0.717) is 56.4 Å². The van der Waals surface area contributed by atoms with Crippen molar-refractivity contribution in [2.75, 3.05) is 32.8 Å². The Labute approximate surface area is 252 Å². The molecule has 2 fully saturated rings. The number of hydrogen-bond acceptors (Lipinski definition) is 9. The fraction of sp³-hybridized carbons (Fsp3) is 0.375. The number of piperazine rings is 1. The molecule has 1 saturated carbocycles. The molecule has 6 rings (SSSR count). The van der Waals surface area contributed by atoms with Gasteiger partial charge in [0.25, 0.3) is 5.91 Å². The van der Waals surface area contributed by atoms with Gasteiger partial charge in [0.05, 0.1) is 27.4 Å². The molecule has 0 unspecified atom stereocenters. The number of ketones is 1. The van der Waals surface area contributed by atoms with E-state index in [-0.39, 0.29) is 18.0 Å². The summed E-state index contributed by atoms with van der Waals surface area (Å²) in [5.74, 6) is 0.309. The van der Waals surface area contributed by atoms with E-state index >= 15 is 0 Å². The average molecular weight is 605 g/mol. The van der Waals surface area contributed by atoms with Gasteiger partial charge in [-0.05, 0) is 54.2 Å². The summed E-state index contributed by atoms with van der Waals surface area (Å²) in [4.78, 5) is 38.1. The third kappa shape index (κ3) is 7.07. The quantitative estimate of drug-likeness (QED) is 0.262. The van der Waals surface area contributed by atoms with Gasteiger partial charge in [-0.3, -0.25) is 24.5 Å². The zero-order valence-corrected chi connectivity index (χ0v) is 24.4. The van der Waals surface area contributed by atoms with Crippen LogP contribution in [0.2, 0.25) is 0 Å². The number of ether oxygens (including phenoxy) is 1. The van der Waals surface area contributed by atoms with Gasteiger partial charge in [-0.2, -0.15) is 0 Å². The van der Waals surface area contributed by atoms with Crippen LogP contribution in [0.3, 0.4) is 0 Å². The van der Waals surface area contributed by atoms with E-state index in [4.69, 9.17) is 9.84 Å². The molecule has 0 bridgehead atoms. The van der Waals surface area contributed by atoms with Crippen molar-refractivity contribution in [2.45, 2.75) is 38.3 Å². The van der Waals surface area contributed by atoms with Crippen LogP contribution in [0.1, 0.15) is 30.4 Å². The molecule has 43 heavy (non-hydrogen) atoms. The topological polar surface area (TPSA) is 116 Å². The molecular formula is C32H33FN4O5S. The maximum absolute atomic E-state index is 14.9. The molecule has 1 aromatic carbocycles. The zero-order chi connectivity index (χ0) is 29.9. The van der Waals surface area contributed by atoms with Crippen molar-refractivity contribution in [1.82, 2.24) is 19.8 Å². The van der Waals surface area contributed by atoms with Crippen LogP contribution in [-0.2, 0) is 22.6 Å². The molecule has 1 aliphatic carbocycles. The normalized spacial score (nSPS) is 16.4. The lowest BCUT2D eigenvalue weighted by Crippen LogP contribution is -2.51. The van der Waals surface area contributed by atoms with Crippen LogP contribution in [0.5, 0.6) is 11.5 Å². The van der Waals surface area contributed by atoms with Gasteiger partial charge in [-0.15, -0.1) is 11.3 Å². The van der Waals surface area contributed by atoms with Gasteiger partial charge >= 0.3 is 0 Å². The first-order valence-electron chi connectivity index (χ1n) is 14.5. The molecule has 1 saturated heterocycles. The Balaban J connectivity index is 1.09. The number of benzene rings is 1. The van der Waals surface area contributed by atoms with Crippen molar-refractivity contribution in [3.05, 3.63) is 71.8 Å². The molecule has 1 atom stereocenters. The molecule has 1 aliphatic heterocycles. The fourth-order valence-electron chi connectivity index (χ4n) is 5.26. The Morgan fingerprint density at radius 3 is 2.51 bits per heavy atom. The number of aliphatic hydroxyl groups excluding tert-OH is 2. The Kier molecular flexibility index (Phi) is 8.75. The van der Waals surface area contributed by atoms with Gasteiger partial charge in [0.15, 0.2) is 17.7 Å². The van der Waals surface area contributed by atoms with Gasteiger partial charge < -0.3 is 19.8 Å². The predicted octanol–water partition coefficient (Wildman–Crippen LogP) is 4.20. The van der Waals surface area contributed by atoms with Crippen molar-refractivity contribution in [1.29, 1.82) is 0 Å². The standard InChI is InChI=1S/C32H33FN4O5S/c33-24-15-21(14-23(39)13-20-1-2-20)4-6-28(24)42-29-7-8-34-26-16-30(43-31(26)29)25-5-3-22(17-35-25)18-36-9-11-37(12-10-36)32(41)27(40)19-38/h3-8,15-17,20,27,38,40H,1-2,9-14,18-19H2/t27-/m1/s1. The summed E-state index contributed by atoms with van der Waals surface area (Å²) in [7, 11) is 0. The Morgan fingerprint density at radius 2 is 1.81 bits per heavy atom. The summed E-state index contributed by atoms with van der Waals surface area (Å²) in [5.41, 5.74) is 3.20. The number of aliphatic hydroxyl groups is 2. The molecule has 9 nitrogen and oxygen atoms in total. The number of Topliss-reactive ketones (excluding diaryl/α,β-unsaturated/α-hetero) is 1. The van der Waals surface area contributed by atoms with Gasteiger partial charge in [0.2, 0.25) is 0 Å². The first-order valence-corrected chi connectivity index (χ1v) is 15.3. The average Bonchev–Trinajstić information content (AvgIpc) is 3.72. The zero-order valence-electron chi connectivity index (χ0n) is 23.6. The fourth-order valence-corrected chi connectivity index (χ4v) is 6.30. The minimum absolute atomic E-state index is 0.0955. The lowest BCUT2D eigenvalue weighted by Gasteiger charge is -2.35. The minimum Gasteiger partial charge on any atom is -0.453 e. The molecule has 4 heterocycles. The smallest absolute Gasteiger partial charge is 0.253 e. The second-order valence-corrected chi connectivity index (χ2v) is 12.3. The Hall–Kier alpha value is -3.77. The van der Waals surface area contributed by atoms with Crippen LogP contribution >= 0.6 is 11.3 Å². The Morgan fingerprint density at radius 1 is 1.02 bits per heavy atom. The summed E-state index contributed by atoms with van der Waals surface area (Å²) >= 11 is 1.47. The van der Waals surface area contributed by atoms with Crippen molar-refractivity contribution in [3.63, 3.8) is 0 Å². The largest absolute Gasteiger partial charge is 0.453 e.